The number of nitrogens with one attached hydrogen (secondary N) is 3. The highest BCUT2D eigenvalue weighted by Crippen LogP contribution is 2.58. The average molecular weight is 983 g/mol. The van der Waals surface area contributed by atoms with Gasteiger partial charge in [0.05, 0.1) is 38.8 Å². The number of benzene rings is 3. The highest BCUT2D eigenvalue weighted by Gasteiger charge is 2.65. The van der Waals surface area contributed by atoms with Crippen molar-refractivity contribution < 1.29 is 33.8 Å². The lowest BCUT2D eigenvalue weighted by Gasteiger charge is -2.65. The number of carbonyl (C=O) groups is 4. The molecule has 1 unspecified atom stereocenters. The summed E-state index contributed by atoms with van der Waals surface area (Å²) in [5, 5.41) is 29.5. The number of aliphatic hydroxyl groups is 1. The second-order valence-electron chi connectivity index (χ2n) is 20.7. The molecule has 16 heteroatoms. The molecule has 14 nitrogen and oxygen atoms in total. The molecule has 4 atom stereocenters. The van der Waals surface area contributed by atoms with Gasteiger partial charge in [-0.15, -0.1) is 11.3 Å². The summed E-state index contributed by atoms with van der Waals surface area (Å²) in [6, 6.07) is 20.3. The fourth-order valence-corrected chi connectivity index (χ4v) is 11.4. The fraction of sp³-hybridized carbons (Fsp3) is 0.509. The van der Waals surface area contributed by atoms with Crippen molar-refractivity contribution in [2.24, 2.45) is 16.2 Å². The molecule has 0 bridgehead atoms. The first kappa shape index (κ1) is 52.8. The third-order valence-electron chi connectivity index (χ3n) is 13.5. The van der Waals surface area contributed by atoms with Crippen molar-refractivity contribution in [2.45, 2.75) is 124 Å². The molecule has 2 fully saturated rings. The van der Waals surface area contributed by atoms with E-state index in [-0.39, 0.29) is 60.4 Å². The van der Waals surface area contributed by atoms with Gasteiger partial charge in [0, 0.05) is 67.4 Å². The Morgan fingerprint density at radius 2 is 1.68 bits per heavy atom. The van der Waals surface area contributed by atoms with Crippen molar-refractivity contribution in [1.29, 1.82) is 5.26 Å². The van der Waals surface area contributed by atoms with Crippen LogP contribution in [-0.4, -0.2) is 107 Å². The Kier molecular flexibility index (Phi) is 16.9. The SMILES string of the molecule is Cc1ncsc1-c1ccc([C@H](C)NC(=O)[C@@H]2C[C@@H](O)CN2C(=O)C(NC(=O)COCCCCCNc2ccc(C(=O)N(C)[C@H]3C(C)(C)[C@H](Oc4ccc(C#N)c(Cl)c4)C3(C)C)cc2)C(C)(C)C)cc1. The second-order valence-corrected chi connectivity index (χ2v) is 22.0. The number of nitriles is 1. The molecule has 370 valence electrons. The van der Waals surface area contributed by atoms with E-state index in [1.807, 2.05) is 101 Å². The minimum absolute atomic E-state index is 0.0134. The molecule has 4 N–H and O–H groups in total. The van der Waals surface area contributed by atoms with Crippen LogP contribution in [0.1, 0.15) is 114 Å². The van der Waals surface area contributed by atoms with E-state index in [1.165, 1.54) is 4.90 Å². The molecule has 1 aliphatic heterocycles. The van der Waals surface area contributed by atoms with Gasteiger partial charge >= 0.3 is 0 Å². The Hall–Kier alpha value is -5.53. The predicted molar refractivity (Wildman–Crippen MR) is 270 cm³/mol. The molecule has 6 rings (SSSR count). The van der Waals surface area contributed by atoms with E-state index in [1.54, 1.807) is 29.5 Å². The maximum Gasteiger partial charge on any atom is 0.253 e. The first-order valence-electron chi connectivity index (χ1n) is 23.7. The number of rotatable bonds is 19. The van der Waals surface area contributed by atoms with Gasteiger partial charge in [-0.1, -0.05) is 84.3 Å². The number of carbonyl (C=O) groups excluding carboxylic acids is 4. The number of β-amino-alcohol motifs (C(OH)–C–C–N with tert-alkyl or cyclic N) is 1. The lowest BCUT2D eigenvalue weighted by Crippen LogP contribution is -2.74. The Bertz CT molecular complexity index is 2480. The summed E-state index contributed by atoms with van der Waals surface area (Å²) in [5.74, 6) is -0.723. The fourth-order valence-electron chi connectivity index (χ4n) is 10.4. The zero-order valence-corrected chi connectivity index (χ0v) is 43.1. The first-order valence-corrected chi connectivity index (χ1v) is 24.9. The van der Waals surface area contributed by atoms with E-state index in [9.17, 15) is 29.5 Å². The number of aliphatic hydroxyl groups excluding tert-OH is 1. The molecule has 1 aliphatic carbocycles. The van der Waals surface area contributed by atoms with Crippen LogP contribution in [0.2, 0.25) is 5.02 Å². The number of likely N-dealkylation sites (tertiary alicyclic amines) is 1. The van der Waals surface area contributed by atoms with Crippen LogP contribution in [0, 0.1) is 34.5 Å². The standard InChI is InChI=1S/C53H68ClN7O7S/c1-32(34-14-16-35(17-15-34)44-33(2)57-31-69-44)58-46(64)42-26-39(62)29-61(42)48(66)45(51(3,4)5)59-43(63)30-67-25-13-11-12-24-56-38-21-18-36(19-22-38)47(65)60(10)49-52(6,7)50(53(49,8)9)68-40-23-20-37(28-55)41(54)27-40/h14-23,27,31-32,39,42,45,49-50,56,62H,11-13,24-26,29-30H2,1-10H3,(H,58,64)(H,59,63)/t32-,39+,42-,45?,49-,50-/m0/s1. The van der Waals surface area contributed by atoms with Crippen molar-refractivity contribution in [3.8, 4) is 22.3 Å². The number of ether oxygens (including phenoxy) is 2. The molecule has 1 saturated carbocycles. The number of unbranched alkanes of at least 4 members (excludes halogenated alkanes) is 2. The first-order chi connectivity index (χ1) is 32.5. The topological polar surface area (TPSA) is 186 Å². The monoisotopic (exact) mass is 981 g/mol. The lowest BCUT2D eigenvalue weighted by atomic mass is 9.49. The number of amides is 4. The Morgan fingerprint density at radius 1 is 1.00 bits per heavy atom. The van der Waals surface area contributed by atoms with Gasteiger partial charge in [-0.2, -0.15) is 5.26 Å². The normalized spacial score (nSPS) is 20.2. The number of nitrogens with zero attached hydrogens (tertiary/aromatic N) is 4. The zero-order chi connectivity index (χ0) is 50.4. The van der Waals surface area contributed by atoms with Crippen LogP contribution in [0.25, 0.3) is 10.4 Å². The molecular formula is C53H68ClN7O7S. The molecular weight excluding hydrogens is 914 g/mol. The summed E-state index contributed by atoms with van der Waals surface area (Å²) in [5.41, 5.74) is 5.18. The van der Waals surface area contributed by atoms with Crippen molar-refractivity contribution in [1.82, 2.24) is 25.4 Å². The van der Waals surface area contributed by atoms with E-state index in [0.29, 0.717) is 35.1 Å². The van der Waals surface area contributed by atoms with E-state index >= 15 is 0 Å². The summed E-state index contributed by atoms with van der Waals surface area (Å²) < 4.78 is 12.1. The van der Waals surface area contributed by atoms with Crippen LogP contribution in [0.3, 0.4) is 0 Å². The summed E-state index contributed by atoms with van der Waals surface area (Å²) in [7, 11) is 1.84. The van der Waals surface area contributed by atoms with Gasteiger partial charge in [0.15, 0.2) is 0 Å². The summed E-state index contributed by atoms with van der Waals surface area (Å²) in [4.78, 5) is 63.2. The molecule has 3 aromatic carbocycles. The minimum atomic E-state index is -0.953. The van der Waals surface area contributed by atoms with Gasteiger partial charge in [0.25, 0.3) is 5.91 Å². The number of halogens is 1. The van der Waals surface area contributed by atoms with Crippen LogP contribution in [0.4, 0.5) is 5.69 Å². The molecule has 1 saturated heterocycles. The number of hydrogen-bond acceptors (Lipinski definition) is 11. The summed E-state index contributed by atoms with van der Waals surface area (Å²) >= 11 is 7.84. The van der Waals surface area contributed by atoms with Crippen molar-refractivity contribution >= 4 is 52.3 Å². The highest BCUT2D eigenvalue weighted by atomic mass is 35.5. The molecule has 4 aromatic rings. The zero-order valence-electron chi connectivity index (χ0n) is 41.5. The van der Waals surface area contributed by atoms with Gasteiger partial charge in [0.2, 0.25) is 17.7 Å². The van der Waals surface area contributed by atoms with E-state index < -0.39 is 35.4 Å². The number of hydrogen-bond donors (Lipinski definition) is 4. The van der Waals surface area contributed by atoms with E-state index in [2.05, 4.69) is 54.7 Å². The van der Waals surface area contributed by atoms with Crippen LogP contribution < -0.4 is 20.7 Å². The van der Waals surface area contributed by atoms with Gasteiger partial charge in [-0.25, -0.2) is 4.98 Å². The smallest absolute Gasteiger partial charge is 0.253 e. The van der Waals surface area contributed by atoms with Gasteiger partial charge < -0.3 is 40.3 Å². The van der Waals surface area contributed by atoms with Crippen molar-refractivity contribution in [3.63, 3.8) is 0 Å². The van der Waals surface area contributed by atoms with Crippen molar-refractivity contribution in [2.75, 3.05) is 38.7 Å². The minimum Gasteiger partial charge on any atom is -0.489 e. The van der Waals surface area contributed by atoms with Crippen LogP contribution in [0.15, 0.2) is 72.2 Å². The van der Waals surface area contributed by atoms with E-state index in [4.69, 9.17) is 21.1 Å². The lowest BCUT2D eigenvalue weighted by molar-refractivity contribution is -0.195. The largest absolute Gasteiger partial charge is 0.489 e. The quantitative estimate of drug-likeness (QED) is 0.0664. The number of anilines is 1. The Morgan fingerprint density at radius 3 is 2.29 bits per heavy atom. The number of aryl methyl sites for hydroxylation is 1. The Labute approximate surface area is 416 Å². The molecule has 1 aromatic heterocycles. The molecule has 69 heavy (non-hydrogen) atoms. The highest BCUT2D eigenvalue weighted by molar-refractivity contribution is 7.13. The predicted octanol–water partition coefficient (Wildman–Crippen LogP) is 8.57. The Balaban J connectivity index is 0.898. The molecule has 2 aliphatic rings. The third kappa shape index (κ3) is 12.3. The maximum absolute atomic E-state index is 14.1. The maximum atomic E-state index is 14.1. The summed E-state index contributed by atoms with van der Waals surface area (Å²) in [6.07, 6.45) is 1.47. The van der Waals surface area contributed by atoms with Crippen molar-refractivity contribution in [3.05, 3.63) is 99.6 Å². The molecule has 2 heterocycles. The second kappa shape index (κ2) is 22.0. The van der Waals surface area contributed by atoms with Crippen LogP contribution >= 0.6 is 22.9 Å². The molecule has 0 spiro atoms. The molecule has 0 radical (unpaired) electrons. The van der Waals surface area contributed by atoms with Gasteiger partial charge in [0.1, 0.15) is 36.6 Å². The van der Waals surface area contributed by atoms with Gasteiger partial charge in [-0.05, 0) is 86.1 Å². The van der Waals surface area contributed by atoms with Gasteiger partial charge in [-0.3, -0.25) is 19.2 Å². The number of thiazole rings is 1. The van der Waals surface area contributed by atoms with Crippen LogP contribution in [-0.2, 0) is 19.1 Å². The third-order valence-corrected chi connectivity index (χ3v) is 14.8. The van der Waals surface area contributed by atoms with Crippen LogP contribution in [0.5, 0.6) is 5.75 Å². The average Bonchev–Trinajstić information content (AvgIpc) is 3.92. The summed E-state index contributed by atoms with van der Waals surface area (Å²) in [6.45, 7) is 18.6. The number of aromatic nitrogens is 1. The molecule has 4 amide bonds. The van der Waals surface area contributed by atoms with E-state index in [0.717, 1.165) is 46.6 Å².